The molecule has 0 bridgehead atoms. The number of ether oxygens (including phenoxy) is 2. The second kappa shape index (κ2) is 14.2. The second-order valence-electron chi connectivity index (χ2n) is 8.73. The Hall–Kier alpha value is -3.09. The Morgan fingerprint density at radius 1 is 0.976 bits per heavy atom. The van der Waals surface area contributed by atoms with Crippen molar-refractivity contribution in [3.8, 4) is 11.5 Å². The second-order valence-corrected chi connectivity index (χ2v) is 11.8. The third-order valence-corrected chi connectivity index (χ3v) is 9.37. The van der Waals surface area contributed by atoms with Gasteiger partial charge in [0.05, 0.1) is 40.1 Å². The molecule has 0 aliphatic rings. The van der Waals surface area contributed by atoms with Crippen molar-refractivity contribution < 1.29 is 22.7 Å². The van der Waals surface area contributed by atoms with E-state index in [1.807, 2.05) is 0 Å². The van der Waals surface area contributed by atoms with E-state index in [0.717, 1.165) is 13.1 Å². The minimum absolute atomic E-state index is 0. The number of aromatic nitrogens is 1. The van der Waals surface area contributed by atoms with Crippen LogP contribution in [0.15, 0.2) is 65.6 Å². The zero-order chi connectivity index (χ0) is 28.9. The van der Waals surface area contributed by atoms with Crippen LogP contribution in [0, 0.1) is 0 Å². The third kappa shape index (κ3) is 7.22. The number of likely N-dealkylation sites (N-methyl/N-ethyl adjacent to an activating group) is 1. The molecule has 220 valence electrons. The van der Waals surface area contributed by atoms with Gasteiger partial charge in [-0.1, -0.05) is 48.9 Å². The van der Waals surface area contributed by atoms with Gasteiger partial charge in [-0.3, -0.25) is 14.4 Å². The van der Waals surface area contributed by atoms with Gasteiger partial charge < -0.3 is 14.4 Å². The van der Waals surface area contributed by atoms with Gasteiger partial charge in [-0.15, -0.1) is 12.4 Å². The molecule has 1 heterocycles. The number of thiazole rings is 1. The van der Waals surface area contributed by atoms with Crippen molar-refractivity contribution in [2.24, 2.45) is 0 Å². The number of anilines is 2. The van der Waals surface area contributed by atoms with Crippen molar-refractivity contribution in [2.75, 3.05) is 50.0 Å². The number of sulfonamides is 1. The van der Waals surface area contributed by atoms with Crippen LogP contribution in [0.3, 0.4) is 0 Å². The number of carbonyl (C=O) groups excluding carboxylic acids is 1. The molecular weight excluding hydrogens is 607 g/mol. The highest BCUT2D eigenvalue weighted by atomic mass is 35.5. The predicted octanol–water partition coefficient (Wildman–Crippen LogP) is 6.18. The van der Waals surface area contributed by atoms with Crippen molar-refractivity contribution in [3.63, 3.8) is 0 Å². The summed E-state index contributed by atoms with van der Waals surface area (Å²) in [5.74, 6) is 0.686. The highest BCUT2D eigenvalue weighted by Crippen LogP contribution is 2.39. The maximum absolute atomic E-state index is 14.1. The fourth-order valence-electron chi connectivity index (χ4n) is 4.15. The smallest absolute Gasteiger partial charge is 0.262 e. The number of nitrogens with zero attached hydrogens (tertiary/aromatic N) is 3. The first kappa shape index (κ1) is 32.4. The van der Waals surface area contributed by atoms with Crippen molar-refractivity contribution in [1.82, 2.24) is 9.88 Å². The molecule has 0 aliphatic heterocycles. The Kier molecular flexibility index (Phi) is 11.2. The monoisotopic (exact) mass is 638 g/mol. The van der Waals surface area contributed by atoms with Crippen LogP contribution < -0.4 is 19.1 Å². The van der Waals surface area contributed by atoms with Crippen LogP contribution in [0.4, 0.5) is 10.8 Å². The standard InChI is InChI=1S/C28H31ClN4O5S2.ClH/c1-5-32(6-2)17-18-33(28-30-25-24(38-4)16-15-22(29)26(25)39-28)27(34)21-9-7-8-10-23(21)31-40(35,36)20-13-11-19(37-3)12-14-20;/h7-16,31H,5-6,17-18H2,1-4H3;1H. The maximum Gasteiger partial charge on any atom is 0.262 e. The van der Waals surface area contributed by atoms with E-state index < -0.39 is 15.9 Å². The number of nitrogens with one attached hydrogen (secondary N) is 1. The fourth-order valence-corrected chi connectivity index (χ4v) is 6.51. The SMILES string of the molecule is CCN(CC)CCN(C(=O)c1ccccc1NS(=O)(=O)c1ccc(OC)cc1)c1nc2c(OC)ccc(Cl)c2s1.Cl. The van der Waals surface area contributed by atoms with Gasteiger partial charge in [0, 0.05) is 13.1 Å². The Bertz CT molecular complexity index is 1590. The van der Waals surface area contributed by atoms with Crippen LogP contribution in [-0.2, 0) is 10.0 Å². The summed E-state index contributed by atoms with van der Waals surface area (Å²) in [5, 5.41) is 0.940. The summed E-state index contributed by atoms with van der Waals surface area (Å²) in [4.78, 5) is 22.7. The lowest BCUT2D eigenvalue weighted by Crippen LogP contribution is -2.39. The van der Waals surface area contributed by atoms with Gasteiger partial charge in [0.15, 0.2) is 5.13 Å². The minimum Gasteiger partial charge on any atom is -0.497 e. The summed E-state index contributed by atoms with van der Waals surface area (Å²) in [6, 6.07) is 16.0. The molecule has 4 rings (SSSR count). The van der Waals surface area contributed by atoms with Gasteiger partial charge in [-0.25, -0.2) is 13.4 Å². The van der Waals surface area contributed by atoms with Gasteiger partial charge in [0.2, 0.25) is 0 Å². The van der Waals surface area contributed by atoms with Gasteiger partial charge in [-0.2, -0.15) is 0 Å². The summed E-state index contributed by atoms with van der Waals surface area (Å²) < 4.78 is 40.3. The molecule has 0 fully saturated rings. The van der Waals surface area contributed by atoms with Crippen molar-refractivity contribution in [2.45, 2.75) is 18.7 Å². The van der Waals surface area contributed by atoms with E-state index in [9.17, 15) is 13.2 Å². The highest BCUT2D eigenvalue weighted by Gasteiger charge is 2.27. The highest BCUT2D eigenvalue weighted by molar-refractivity contribution is 7.92. The van der Waals surface area contributed by atoms with Gasteiger partial charge in [0.1, 0.15) is 17.0 Å². The van der Waals surface area contributed by atoms with Gasteiger partial charge >= 0.3 is 0 Å². The molecule has 0 radical (unpaired) electrons. The lowest BCUT2D eigenvalue weighted by atomic mass is 10.1. The van der Waals surface area contributed by atoms with Crippen LogP contribution in [0.25, 0.3) is 10.2 Å². The number of amides is 1. The average Bonchev–Trinajstić information content (AvgIpc) is 3.41. The molecule has 41 heavy (non-hydrogen) atoms. The first-order valence-electron chi connectivity index (χ1n) is 12.7. The molecule has 0 atom stereocenters. The number of para-hydroxylation sites is 1. The largest absolute Gasteiger partial charge is 0.497 e. The number of hydrogen-bond acceptors (Lipinski definition) is 8. The summed E-state index contributed by atoms with van der Waals surface area (Å²) in [7, 11) is -0.928. The molecule has 3 aromatic carbocycles. The molecule has 9 nitrogen and oxygen atoms in total. The first-order chi connectivity index (χ1) is 19.2. The number of hydrogen-bond donors (Lipinski definition) is 1. The molecular formula is C28H32Cl2N4O5S2. The minimum atomic E-state index is -3.98. The molecule has 0 saturated carbocycles. The molecule has 1 aromatic heterocycles. The Morgan fingerprint density at radius 2 is 1.66 bits per heavy atom. The van der Waals surface area contributed by atoms with Crippen molar-refractivity contribution >= 4 is 72.3 Å². The Morgan fingerprint density at radius 3 is 2.29 bits per heavy atom. The van der Waals surface area contributed by atoms with Crippen LogP contribution in [0.1, 0.15) is 24.2 Å². The molecule has 13 heteroatoms. The summed E-state index contributed by atoms with van der Waals surface area (Å²) >= 11 is 7.75. The van der Waals surface area contributed by atoms with Crippen LogP contribution >= 0.6 is 35.3 Å². The Balaban J connectivity index is 0.00000462. The normalized spacial score (nSPS) is 11.3. The lowest BCUT2D eigenvalue weighted by molar-refractivity contribution is 0.0984. The number of carbonyl (C=O) groups is 1. The topological polar surface area (TPSA) is 101 Å². The quantitative estimate of drug-likeness (QED) is 0.198. The molecule has 0 unspecified atom stereocenters. The number of halogens is 2. The summed E-state index contributed by atoms with van der Waals surface area (Å²) in [6.07, 6.45) is 0. The van der Waals surface area contributed by atoms with E-state index in [-0.39, 0.29) is 28.6 Å². The van der Waals surface area contributed by atoms with Crippen molar-refractivity contribution in [3.05, 3.63) is 71.2 Å². The first-order valence-corrected chi connectivity index (χ1v) is 15.3. The molecule has 0 spiro atoms. The van der Waals surface area contributed by atoms with Crippen LogP contribution in [0.2, 0.25) is 5.02 Å². The molecule has 1 amide bonds. The predicted molar refractivity (Wildman–Crippen MR) is 168 cm³/mol. The number of rotatable bonds is 12. The van der Waals surface area contributed by atoms with Gasteiger partial charge in [-0.05, 0) is 61.6 Å². The zero-order valence-corrected chi connectivity index (χ0v) is 26.3. The van der Waals surface area contributed by atoms with E-state index in [1.165, 1.54) is 30.6 Å². The zero-order valence-electron chi connectivity index (χ0n) is 23.1. The number of fused-ring (bicyclic) bond motifs is 1. The number of methoxy groups -OCH3 is 2. The molecule has 0 saturated heterocycles. The number of benzene rings is 3. The lowest BCUT2D eigenvalue weighted by Gasteiger charge is -2.25. The van der Waals surface area contributed by atoms with Crippen LogP contribution in [0.5, 0.6) is 11.5 Å². The van der Waals surface area contributed by atoms with E-state index in [0.29, 0.717) is 45.0 Å². The van der Waals surface area contributed by atoms with Crippen LogP contribution in [-0.4, -0.2) is 64.6 Å². The summed E-state index contributed by atoms with van der Waals surface area (Å²) in [5.41, 5.74) is 0.911. The maximum atomic E-state index is 14.1. The molecule has 1 N–H and O–H groups in total. The third-order valence-electron chi connectivity index (χ3n) is 6.45. The average molecular weight is 640 g/mol. The van der Waals surface area contributed by atoms with E-state index in [4.69, 9.17) is 26.1 Å². The molecule has 0 aliphatic carbocycles. The van der Waals surface area contributed by atoms with E-state index >= 15 is 0 Å². The summed E-state index contributed by atoms with van der Waals surface area (Å²) in [6.45, 7) is 6.67. The molecule has 4 aromatic rings. The van der Waals surface area contributed by atoms with Crippen molar-refractivity contribution in [1.29, 1.82) is 0 Å². The van der Waals surface area contributed by atoms with E-state index in [2.05, 4.69) is 23.5 Å². The fraction of sp³-hybridized carbons (Fsp3) is 0.286. The van der Waals surface area contributed by atoms with E-state index in [1.54, 1.807) is 60.5 Å². The Labute approximate surface area is 255 Å². The van der Waals surface area contributed by atoms with Gasteiger partial charge in [0.25, 0.3) is 15.9 Å².